The highest BCUT2D eigenvalue weighted by atomic mass is 15.1. The molecule has 0 aliphatic carbocycles. The molecule has 0 spiro atoms. The Balaban J connectivity index is 1.70. The highest BCUT2D eigenvalue weighted by Crippen LogP contribution is 2.27. The Labute approximate surface area is 127 Å². The minimum Gasteiger partial charge on any atom is -0.382 e. The first-order valence-corrected chi connectivity index (χ1v) is 8.09. The predicted molar refractivity (Wildman–Crippen MR) is 89.7 cm³/mol. The zero-order valence-electron chi connectivity index (χ0n) is 13.0. The summed E-state index contributed by atoms with van der Waals surface area (Å²) in [6.07, 6.45) is 6.41. The van der Waals surface area contributed by atoms with E-state index in [-0.39, 0.29) is 0 Å². The molecule has 1 unspecified atom stereocenters. The van der Waals surface area contributed by atoms with Gasteiger partial charge in [-0.05, 0) is 62.8 Å². The SMILES string of the molecule is CCN1CCC(C(C)Nc2cccc3ccncc23)CC1. The number of benzene rings is 1. The maximum absolute atomic E-state index is 4.27. The summed E-state index contributed by atoms with van der Waals surface area (Å²) in [6, 6.07) is 9.02. The molecule has 1 aromatic carbocycles. The van der Waals surface area contributed by atoms with Gasteiger partial charge in [-0.25, -0.2) is 0 Å². The van der Waals surface area contributed by atoms with Crippen LogP contribution in [-0.4, -0.2) is 35.6 Å². The Kier molecular flexibility index (Phi) is 4.39. The number of likely N-dealkylation sites (tertiary alicyclic amines) is 1. The highest BCUT2D eigenvalue weighted by molar-refractivity contribution is 5.93. The molecule has 1 aromatic heterocycles. The maximum atomic E-state index is 4.27. The molecule has 3 heteroatoms. The van der Waals surface area contributed by atoms with Gasteiger partial charge >= 0.3 is 0 Å². The monoisotopic (exact) mass is 283 g/mol. The number of nitrogens with one attached hydrogen (secondary N) is 1. The smallest absolute Gasteiger partial charge is 0.0437 e. The van der Waals surface area contributed by atoms with E-state index >= 15 is 0 Å². The van der Waals surface area contributed by atoms with Crippen molar-refractivity contribution in [3.63, 3.8) is 0 Å². The van der Waals surface area contributed by atoms with Crippen LogP contribution in [0.25, 0.3) is 10.8 Å². The summed E-state index contributed by atoms with van der Waals surface area (Å²) in [5, 5.41) is 6.20. The lowest BCUT2D eigenvalue weighted by Crippen LogP contribution is -2.39. The van der Waals surface area contributed by atoms with Crippen LogP contribution >= 0.6 is 0 Å². The molecule has 1 fully saturated rings. The maximum Gasteiger partial charge on any atom is 0.0437 e. The third-order valence-electron chi connectivity index (χ3n) is 4.85. The lowest BCUT2D eigenvalue weighted by atomic mass is 9.90. The molecule has 0 radical (unpaired) electrons. The van der Waals surface area contributed by atoms with E-state index in [4.69, 9.17) is 0 Å². The molecule has 3 rings (SSSR count). The Morgan fingerprint density at radius 1 is 1.29 bits per heavy atom. The van der Waals surface area contributed by atoms with Crippen LogP contribution in [0.15, 0.2) is 36.7 Å². The van der Waals surface area contributed by atoms with Crippen LogP contribution in [0.1, 0.15) is 26.7 Å². The number of anilines is 1. The molecule has 0 saturated carbocycles. The van der Waals surface area contributed by atoms with Crippen LogP contribution < -0.4 is 5.32 Å². The lowest BCUT2D eigenvalue weighted by Gasteiger charge is -2.35. The largest absolute Gasteiger partial charge is 0.382 e. The summed E-state index contributed by atoms with van der Waals surface area (Å²) in [4.78, 5) is 6.81. The van der Waals surface area contributed by atoms with E-state index in [9.17, 15) is 0 Å². The Hall–Kier alpha value is -1.61. The van der Waals surface area contributed by atoms with E-state index in [0.717, 1.165) is 5.92 Å². The normalized spacial score (nSPS) is 18.8. The summed E-state index contributed by atoms with van der Waals surface area (Å²) in [5.74, 6) is 0.764. The minimum atomic E-state index is 0.509. The molecule has 0 amide bonds. The summed E-state index contributed by atoms with van der Waals surface area (Å²) >= 11 is 0. The molecule has 1 saturated heterocycles. The van der Waals surface area contributed by atoms with Gasteiger partial charge in [-0.1, -0.05) is 19.1 Å². The van der Waals surface area contributed by atoms with Crippen molar-refractivity contribution < 1.29 is 0 Å². The van der Waals surface area contributed by atoms with Crippen LogP contribution in [0.5, 0.6) is 0 Å². The van der Waals surface area contributed by atoms with E-state index in [1.54, 1.807) is 0 Å². The van der Waals surface area contributed by atoms with Crippen molar-refractivity contribution in [2.45, 2.75) is 32.7 Å². The standard InChI is InChI=1S/C18H25N3/c1-3-21-11-8-15(9-12-21)14(2)20-18-6-4-5-16-7-10-19-13-17(16)18/h4-7,10,13-15,20H,3,8-9,11-12H2,1-2H3. The van der Waals surface area contributed by atoms with Crippen molar-refractivity contribution >= 4 is 16.5 Å². The molecule has 2 aromatic rings. The van der Waals surface area contributed by atoms with Gasteiger partial charge in [0.15, 0.2) is 0 Å². The first-order chi connectivity index (χ1) is 10.3. The number of aromatic nitrogens is 1. The molecule has 1 atom stereocenters. The van der Waals surface area contributed by atoms with Crippen LogP contribution in [0, 0.1) is 5.92 Å². The first kappa shape index (κ1) is 14.3. The molecule has 2 heterocycles. The third kappa shape index (κ3) is 3.18. The zero-order chi connectivity index (χ0) is 14.7. The number of hydrogen-bond acceptors (Lipinski definition) is 3. The second-order valence-corrected chi connectivity index (χ2v) is 6.11. The predicted octanol–water partition coefficient (Wildman–Crippen LogP) is 3.77. The second-order valence-electron chi connectivity index (χ2n) is 6.11. The molecule has 21 heavy (non-hydrogen) atoms. The molecule has 1 aliphatic rings. The minimum absolute atomic E-state index is 0.509. The van der Waals surface area contributed by atoms with Gasteiger partial charge in [0.2, 0.25) is 0 Å². The number of rotatable bonds is 4. The Morgan fingerprint density at radius 2 is 2.10 bits per heavy atom. The number of fused-ring (bicyclic) bond motifs is 1. The summed E-state index contributed by atoms with van der Waals surface area (Å²) in [7, 11) is 0. The zero-order valence-corrected chi connectivity index (χ0v) is 13.0. The molecule has 0 bridgehead atoms. The molecule has 1 N–H and O–H groups in total. The Morgan fingerprint density at radius 3 is 2.86 bits per heavy atom. The number of pyridine rings is 1. The quantitative estimate of drug-likeness (QED) is 0.926. The summed E-state index contributed by atoms with van der Waals surface area (Å²) in [6.45, 7) is 8.24. The van der Waals surface area contributed by atoms with Gasteiger partial charge in [-0.15, -0.1) is 0 Å². The summed E-state index contributed by atoms with van der Waals surface area (Å²) < 4.78 is 0. The Bertz CT molecular complexity index is 583. The topological polar surface area (TPSA) is 28.2 Å². The van der Waals surface area contributed by atoms with Gasteiger partial charge in [0.25, 0.3) is 0 Å². The average Bonchev–Trinajstić information content (AvgIpc) is 2.55. The van der Waals surface area contributed by atoms with Gasteiger partial charge in [-0.2, -0.15) is 0 Å². The van der Waals surface area contributed by atoms with Crippen molar-refractivity contribution in [1.82, 2.24) is 9.88 Å². The van der Waals surface area contributed by atoms with Gasteiger partial charge in [0, 0.05) is 29.5 Å². The van der Waals surface area contributed by atoms with E-state index in [2.05, 4.69) is 53.3 Å². The fraction of sp³-hybridized carbons (Fsp3) is 0.500. The van der Waals surface area contributed by atoms with E-state index in [1.807, 2.05) is 12.4 Å². The van der Waals surface area contributed by atoms with Crippen molar-refractivity contribution in [1.29, 1.82) is 0 Å². The van der Waals surface area contributed by atoms with Gasteiger partial charge in [-0.3, -0.25) is 4.98 Å². The molecule has 3 nitrogen and oxygen atoms in total. The summed E-state index contributed by atoms with van der Waals surface area (Å²) in [5.41, 5.74) is 1.21. The van der Waals surface area contributed by atoms with Gasteiger partial charge < -0.3 is 10.2 Å². The van der Waals surface area contributed by atoms with E-state index in [0.29, 0.717) is 6.04 Å². The third-order valence-corrected chi connectivity index (χ3v) is 4.85. The molecular formula is C18H25N3. The van der Waals surface area contributed by atoms with Crippen molar-refractivity contribution in [3.05, 3.63) is 36.7 Å². The van der Waals surface area contributed by atoms with E-state index in [1.165, 1.54) is 48.9 Å². The van der Waals surface area contributed by atoms with Crippen LogP contribution in [0.3, 0.4) is 0 Å². The number of hydrogen-bond donors (Lipinski definition) is 1. The van der Waals surface area contributed by atoms with Crippen molar-refractivity contribution in [2.24, 2.45) is 5.92 Å². The number of nitrogens with zero attached hydrogens (tertiary/aromatic N) is 2. The average molecular weight is 283 g/mol. The lowest BCUT2D eigenvalue weighted by molar-refractivity contribution is 0.183. The second kappa shape index (κ2) is 6.44. The first-order valence-electron chi connectivity index (χ1n) is 8.09. The van der Waals surface area contributed by atoms with E-state index < -0.39 is 0 Å². The van der Waals surface area contributed by atoms with Crippen molar-refractivity contribution in [2.75, 3.05) is 25.0 Å². The van der Waals surface area contributed by atoms with Gasteiger partial charge in [0.1, 0.15) is 0 Å². The van der Waals surface area contributed by atoms with Crippen LogP contribution in [0.4, 0.5) is 5.69 Å². The van der Waals surface area contributed by atoms with Gasteiger partial charge in [0.05, 0.1) is 0 Å². The molecular weight excluding hydrogens is 258 g/mol. The molecule has 112 valence electrons. The molecule has 1 aliphatic heterocycles. The van der Waals surface area contributed by atoms with Crippen LogP contribution in [-0.2, 0) is 0 Å². The number of piperidine rings is 1. The fourth-order valence-electron chi connectivity index (χ4n) is 3.37. The highest BCUT2D eigenvalue weighted by Gasteiger charge is 2.23. The van der Waals surface area contributed by atoms with Crippen LogP contribution in [0.2, 0.25) is 0 Å². The van der Waals surface area contributed by atoms with Crippen molar-refractivity contribution in [3.8, 4) is 0 Å². The fourth-order valence-corrected chi connectivity index (χ4v) is 3.37.